The van der Waals surface area contributed by atoms with Crippen molar-refractivity contribution in [1.82, 2.24) is 0 Å². The number of aliphatic hydroxyl groups excluding tert-OH is 1. The number of ether oxygens (including phenoxy) is 1. The predicted molar refractivity (Wildman–Crippen MR) is 46.3 cm³/mol. The van der Waals surface area contributed by atoms with Crippen LogP contribution < -0.4 is 0 Å². The molecule has 0 aliphatic rings. The maximum atomic E-state index is 9.22. The van der Waals surface area contributed by atoms with Gasteiger partial charge in [0, 0.05) is 13.0 Å². The highest BCUT2D eigenvalue weighted by Crippen LogP contribution is 2.05. The fourth-order valence-electron chi connectivity index (χ4n) is 0.835. The molecule has 0 aliphatic heterocycles. The van der Waals surface area contributed by atoms with E-state index in [-0.39, 0.29) is 0 Å². The van der Waals surface area contributed by atoms with E-state index in [1.807, 2.05) is 0 Å². The van der Waals surface area contributed by atoms with Crippen molar-refractivity contribution in [3.63, 3.8) is 0 Å². The van der Waals surface area contributed by atoms with E-state index < -0.39 is 6.29 Å². The van der Waals surface area contributed by atoms with Crippen LogP contribution in [0.3, 0.4) is 0 Å². The monoisotopic (exact) mass is 160 g/mol. The van der Waals surface area contributed by atoms with E-state index in [9.17, 15) is 5.11 Å². The first-order valence-corrected chi connectivity index (χ1v) is 4.46. The van der Waals surface area contributed by atoms with Crippen LogP contribution in [0, 0.1) is 5.92 Å². The van der Waals surface area contributed by atoms with E-state index in [1.54, 1.807) is 0 Å². The molecule has 0 spiro atoms. The number of hydrogen-bond donors (Lipinski definition) is 1. The summed E-state index contributed by atoms with van der Waals surface area (Å²) in [4.78, 5) is 0. The zero-order chi connectivity index (χ0) is 8.69. The van der Waals surface area contributed by atoms with E-state index >= 15 is 0 Å². The van der Waals surface area contributed by atoms with E-state index in [1.165, 1.54) is 0 Å². The fourth-order valence-corrected chi connectivity index (χ4v) is 0.835. The van der Waals surface area contributed by atoms with Crippen LogP contribution in [0.4, 0.5) is 0 Å². The highest BCUT2D eigenvalue weighted by Gasteiger charge is 2.05. The largest absolute Gasteiger partial charge is 0.368 e. The van der Waals surface area contributed by atoms with Gasteiger partial charge in [-0.2, -0.15) is 0 Å². The molecule has 0 rings (SSSR count). The molecule has 0 aromatic heterocycles. The van der Waals surface area contributed by atoms with Gasteiger partial charge in [-0.15, -0.1) is 0 Å². The molecule has 1 atom stereocenters. The molecule has 0 fully saturated rings. The third-order valence-corrected chi connectivity index (χ3v) is 1.48. The number of rotatable bonds is 6. The van der Waals surface area contributed by atoms with Crippen molar-refractivity contribution in [2.45, 2.75) is 46.3 Å². The number of hydrogen-bond acceptors (Lipinski definition) is 2. The minimum absolute atomic E-state index is 0.506. The summed E-state index contributed by atoms with van der Waals surface area (Å²) in [6, 6.07) is 0. The van der Waals surface area contributed by atoms with Gasteiger partial charge in [-0.1, -0.05) is 27.2 Å². The van der Waals surface area contributed by atoms with Gasteiger partial charge in [-0.25, -0.2) is 0 Å². The average Bonchev–Trinajstić information content (AvgIpc) is 1.86. The Kier molecular flexibility index (Phi) is 6.57. The van der Waals surface area contributed by atoms with Crippen molar-refractivity contribution < 1.29 is 9.84 Å². The Bertz CT molecular complexity index is 81.6. The molecule has 0 aromatic rings. The number of unbranched alkanes of at least 4 members (excludes halogenated alkanes) is 1. The van der Waals surface area contributed by atoms with Crippen LogP contribution in [0.15, 0.2) is 0 Å². The molecular weight excluding hydrogens is 140 g/mol. The van der Waals surface area contributed by atoms with Gasteiger partial charge in [0.15, 0.2) is 6.29 Å². The highest BCUT2D eigenvalue weighted by atomic mass is 16.6. The normalized spacial score (nSPS) is 13.9. The Balaban J connectivity index is 3.15. The van der Waals surface area contributed by atoms with Crippen molar-refractivity contribution in [2.75, 3.05) is 6.61 Å². The first-order chi connectivity index (χ1) is 5.16. The van der Waals surface area contributed by atoms with Crippen LogP contribution in [-0.2, 0) is 4.74 Å². The second kappa shape index (κ2) is 6.62. The minimum Gasteiger partial charge on any atom is -0.368 e. The van der Waals surface area contributed by atoms with Gasteiger partial charge in [0.25, 0.3) is 0 Å². The summed E-state index contributed by atoms with van der Waals surface area (Å²) >= 11 is 0. The molecule has 0 amide bonds. The molecule has 1 unspecified atom stereocenters. The van der Waals surface area contributed by atoms with Crippen LogP contribution in [0.25, 0.3) is 0 Å². The lowest BCUT2D eigenvalue weighted by Crippen LogP contribution is -2.15. The van der Waals surface area contributed by atoms with Crippen LogP contribution in [0.5, 0.6) is 0 Å². The molecule has 0 bridgehead atoms. The van der Waals surface area contributed by atoms with E-state index in [0.29, 0.717) is 12.5 Å². The molecule has 1 N–H and O–H groups in total. The molecule has 11 heavy (non-hydrogen) atoms. The standard InChI is InChI=1S/C9H20O2/c1-4-5-6-11-9(10)7-8(2)3/h8-10H,4-7H2,1-3H3. The third kappa shape index (κ3) is 7.82. The van der Waals surface area contributed by atoms with Gasteiger partial charge in [0.1, 0.15) is 0 Å². The lowest BCUT2D eigenvalue weighted by atomic mass is 10.1. The highest BCUT2D eigenvalue weighted by molar-refractivity contribution is 4.47. The molecular formula is C9H20O2. The summed E-state index contributed by atoms with van der Waals surface area (Å²) < 4.78 is 5.15. The molecule has 0 saturated carbocycles. The molecule has 0 radical (unpaired) electrons. The van der Waals surface area contributed by atoms with Crippen molar-refractivity contribution in [2.24, 2.45) is 5.92 Å². The first kappa shape index (κ1) is 10.9. The van der Waals surface area contributed by atoms with Gasteiger partial charge < -0.3 is 9.84 Å². The molecule has 2 nitrogen and oxygen atoms in total. The lowest BCUT2D eigenvalue weighted by Gasteiger charge is -2.13. The second-order valence-corrected chi connectivity index (χ2v) is 3.31. The Hall–Kier alpha value is -0.0800. The van der Waals surface area contributed by atoms with Gasteiger partial charge in [0.2, 0.25) is 0 Å². The van der Waals surface area contributed by atoms with E-state index in [2.05, 4.69) is 20.8 Å². The Morgan fingerprint density at radius 2 is 2.00 bits per heavy atom. The van der Waals surface area contributed by atoms with Gasteiger partial charge in [-0.3, -0.25) is 0 Å². The van der Waals surface area contributed by atoms with Crippen molar-refractivity contribution in [1.29, 1.82) is 0 Å². The van der Waals surface area contributed by atoms with Gasteiger partial charge in [-0.05, 0) is 12.3 Å². The van der Waals surface area contributed by atoms with Crippen molar-refractivity contribution >= 4 is 0 Å². The van der Waals surface area contributed by atoms with Gasteiger partial charge >= 0.3 is 0 Å². The zero-order valence-electron chi connectivity index (χ0n) is 7.84. The third-order valence-electron chi connectivity index (χ3n) is 1.48. The van der Waals surface area contributed by atoms with Gasteiger partial charge in [0.05, 0.1) is 0 Å². The summed E-state index contributed by atoms with van der Waals surface area (Å²) in [5.74, 6) is 0.506. The summed E-state index contributed by atoms with van der Waals surface area (Å²) in [5, 5.41) is 9.22. The summed E-state index contributed by atoms with van der Waals surface area (Å²) in [7, 11) is 0. The topological polar surface area (TPSA) is 29.5 Å². The quantitative estimate of drug-likeness (QED) is 0.476. The van der Waals surface area contributed by atoms with E-state index in [4.69, 9.17) is 4.74 Å². The van der Waals surface area contributed by atoms with Crippen molar-refractivity contribution in [3.8, 4) is 0 Å². The molecule has 0 saturated heterocycles. The second-order valence-electron chi connectivity index (χ2n) is 3.31. The first-order valence-electron chi connectivity index (χ1n) is 4.46. The molecule has 0 heterocycles. The Labute approximate surface area is 69.6 Å². The molecule has 0 aromatic carbocycles. The average molecular weight is 160 g/mol. The predicted octanol–water partition coefficient (Wildman–Crippen LogP) is 2.17. The minimum atomic E-state index is -0.554. The van der Waals surface area contributed by atoms with E-state index in [0.717, 1.165) is 19.3 Å². The Morgan fingerprint density at radius 1 is 1.36 bits per heavy atom. The van der Waals surface area contributed by atoms with Crippen LogP contribution in [0.2, 0.25) is 0 Å². The van der Waals surface area contributed by atoms with Crippen LogP contribution in [0.1, 0.15) is 40.0 Å². The fraction of sp³-hybridized carbons (Fsp3) is 1.00. The summed E-state index contributed by atoms with van der Waals surface area (Å²) in [5.41, 5.74) is 0. The number of aliphatic hydroxyl groups is 1. The molecule has 68 valence electrons. The zero-order valence-corrected chi connectivity index (χ0v) is 7.84. The summed E-state index contributed by atoms with van der Waals surface area (Å²) in [6.45, 7) is 6.95. The SMILES string of the molecule is CCCCOC(O)CC(C)C. The smallest absolute Gasteiger partial charge is 0.154 e. The van der Waals surface area contributed by atoms with Crippen LogP contribution >= 0.6 is 0 Å². The van der Waals surface area contributed by atoms with Crippen LogP contribution in [-0.4, -0.2) is 18.0 Å². The maximum absolute atomic E-state index is 9.22. The van der Waals surface area contributed by atoms with Crippen molar-refractivity contribution in [3.05, 3.63) is 0 Å². The lowest BCUT2D eigenvalue weighted by molar-refractivity contribution is -0.109. The Morgan fingerprint density at radius 3 is 2.45 bits per heavy atom. The molecule has 0 aliphatic carbocycles. The summed E-state index contributed by atoms with van der Waals surface area (Å²) in [6.07, 6.45) is 2.34. The maximum Gasteiger partial charge on any atom is 0.154 e. The molecule has 2 heteroatoms.